The molecule has 0 aromatic rings. The van der Waals surface area contributed by atoms with Crippen molar-refractivity contribution in [1.29, 1.82) is 0 Å². The van der Waals surface area contributed by atoms with Crippen molar-refractivity contribution in [3.05, 3.63) is 12.2 Å². The molecule has 1 aliphatic heterocycles. The number of allylic oxidation sites excluding steroid dienone is 2. The van der Waals surface area contributed by atoms with Gasteiger partial charge in [0.15, 0.2) is 0 Å². The Labute approximate surface area is 161 Å². The lowest BCUT2D eigenvalue weighted by Gasteiger charge is -2.37. The molecule has 0 aromatic carbocycles. The Balaban J connectivity index is 1.09. The van der Waals surface area contributed by atoms with Crippen LogP contribution in [0.15, 0.2) is 12.2 Å². The van der Waals surface area contributed by atoms with E-state index in [0.29, 0.717) is 29.6 Å². The van der Waals surface area contributed by atoms with Crippen LogP contribution in [-0.4, -0.2) is 38.5 Å². The molecule has 6 aliphatic carbocycles. The van der Waals surface area contributed by atoms with Crippen molar-refractivity contribution in [2.24, 2.45) is 65.1 Å². The van der Waals surface area contributed by atoms with Crippen LogP contribution in [0, 0.1) is 65.1 Å². The predicted molar refractivity (Wildman–Crippen MR) is 97.5 cm³/mol. The van der Waals surface area contributed by atoms with E-state index in [9.17, 15) is 4.79 Å². The van der Waals surface area contributed by atoms with E-state index in [1.165, 1.54) is 12.8 Å². The monoisotopic (exact) mass is 370 g/mol. The van der Waals surface area contributed by atoms with Gasteiger partial charge < -0.3 is 14.2 Å². The topological polar surface area (TPSA) is 44.8 Å². The lowest BCUT2D eigenvalue weighted by atomic mass is 9.69. The Morgan fingerprint density at radius 1 is 1.00 bits per heavy atom. The van der Waals surface area contributed by atoms with Crippen molar-refractivity contribution >= 4 is 5.97 Å². The fraction of sp³-hybridized carbons (Fsp3) is 0.870. The number of carbonyl (C=O) groups excluding carboxylic acids is 1. The number of hydrogen-bond donors (Lipinski definition) is 0. The summed E-state index contributed by atoms with van der Waals surface area (Å²) in [4.78, 5) is 13.3. The van der Waals surface area contributed by atoms with Crippen LogP contribution in [0.1, 0.15) is 25.7 Å². The van der Waals surface area contributed by atoms with Crippen LogP contribution in [0.4, 0.5) is 0 Å². The van der Waals surface area contributed by atoms with Gasteiger partial charge in [0.25, 0.3) is 0 Å². The molecule has 4 heteroatoms. The van der Waals surface area contributed by atoms with Gasteiger partial charge >= 0.3 is 5.97 Å². The zero-order valence-electron chi connectivity index (χ0n) is 16.0. The van der Waals surface area contributed by atoms with E-state index in [0.717, 1.165) is 55.6 Å². The van der Waals surface area contributed by atoms with Crippen LogP contribution in [0.5, 0.6) is 0 Å². The standard InChI is InChI=1S/C23H30O4/c1-25-8-17-15-7-14-18(17)9-26-21(14)22(15)27-23(24)16-6-12-5-13(16)20-11-3-2-10(4-11)19(12)20/h2-3,10-22H,4-9H2,1H3. The van der Waals surface area contributed by atoms with Gasteiger partial charge in [0, 0.05) is 19.6 Å². The van der Waals surface area contributed by atoms with Crippen LogP contribution in [0.3, 0.4) is 0 Å². The third kappa shape index (κ3) is 1.90. The highest BCUT2D eigenvalue weighted by Crippen LogP contribution is 2.67. The van der Waals surface area contributed by atoms with Gasteiger partial charge in [-0.2, -0.15) is 0 Å². The number of ether oxygens (including phenoxy) is 3. The van der Waals surface area contributed by atoms with Gasteiger partial charge in [-0.1, -0.05) is 12.2 Å². The number of hydrogen-bond acceptors (Lipinski definition) is 4. The van der Waals surface area contributed by atoms with Crippen LogP contribution >= 0.6 is 0 Å². The number of carbonyl (C=O) groups is 1. The molecule has 5 saturated carbocycles. The first-order valence-corrected chi connectivity index (χ1v) is 11.2. The summed E-state index contributed by atoms with van der Waals surface area (Å²) < 4.78 is 17.9. The summed E-state index contributed by atoms with van der Waals surface area (Å²) in [5, 5.41) is 0. The molecule has 4 nitrogen and oxygen atoms in total. The summed E-state index contributed by atoms with van der Waals surface area (Å²) in [5.74, 6) is 7.00. The minimum Gasteiger partial charge on any atom is -0.459 e. The second-order valence-electron chi connectivity index (χ2n) is 10.7. The van der Waals surface area contributed by atoms with E-state index in [2.05, 4.69) is 12.2 Å². The van der Waals surface area contributed by atoms with Crippen molar-refractivity contribution in [3.63, 3.8) is 0 Å². The highest BCUT2D eigenvalue weighted by atomic mass is 16.6. The van der Waals surface area contributed by atoms with E-state index < -0.39 is 0 Å². The Bertz CT molecular complexity index is 702. The molecule has 13 atom stereocenters. The maximum Gasteiger partial charge on any atom is 0.309 e. The second kappa shape index (κ2) is 5.38. The van der Waals surface area contributed by atoms with Crippen molar-refractivity contribution in [2.45, 2.75) is 37.9 Å². The summed E-state index contributed by atoms with van der Waals surface area (Å²) in [6.07, 6.45) is 9.94. The van der Waals surface area contributed by atoms with Crippen LogP contribution in [-0.2, 0) is 19.0 Å². The second-order valence-corrected chi connectivity index (χ2v) is 10.7. The number of methoxy groups -OCH3 is 1. The lowest BCUT2D eigenvalue weighted by Crippen LogP contribution is -2.44. The SMILES string of the molecule is COCC1C2COC3C2CC1C3OC(=O)C1CC2CC1C1C3C=CC(C3)C21. The number of rotatable bonds is 4. The third-order valence-corrected chi connectivity index (χ3v) is 10.0. The highest BCUT2D eigenvalue weighted by Gasteiger charge is 2.65. The molecule has 146 valence electrons. The maximum atomic E-state index is 13.3. The highest BCUT2D eigenvalue weighted by molar-refractivity contribution is 5.74. The Hall–Kier alpha value is -0.870. The van der Waals surface area contributed by atoms with Gasteiger partial charge in [0.2, 0.25) is 0 Å². The van der Waals surface area contributed by atoms with E-state index >= 15 is 0 Å². The first-order chi connectivity index (χ1) is 13.2. The van der Waals surface area contributed by atoms with Gasteiger partial charge in [0.05, 0.1) is 18.6 Å². The minimum atomic E-state index is -0.0174. The molecule has 6 bridgehead atoms. The average molecular weight is 370 g/mol. The van der Waals surface area contributed by atoms with E-state index in [1.54, 1.807) is 7.11 Å². The van der Waals surface area contributed by atoms with E-state index in [1.807, 2.05) is 0 Å². The molecule has 1 heterocycles. The molecule has 0 amide bonds. The summed E-state index contributed by atoms with van der Waals surface area (Å²) in [6.45, 7) is 1.62. The van der Waals surface area contributed by atoms with Crippen molar-refractivity contribution < 1.29 is 19.0 Å². The minimum absolute atomic E-state index is 0.0174. The third-order valence-electron chi connectivity index (χ3n) is 10.0. The predicted octanol–water partition coefficient (Wildman–Crippen LogP) is 2.92. The Kier molecular flexibility index (Phi) is 3.19. The quantitative estimate of drug-likeness (QED) is 0.434. The lowest BCUT2D eigenvalue weighted by molar-refractivity contribution is -0.167. The van der Waals surface area contributed by atoms with Crippen LogP contribution in [0.2, 0.25) is 0 Å². The number of esters is 1. The molecule has 7 aliphatic rings. The molecule has 1 saturated heterocycles. The van der Waals surface area contributed by atoms with E-state index in [-0.39, 0.29) is 24.1 Å². The van der Waals surface area contributed by atoms with Crippen molar-refractivity contribution in [3.8, 4) is 0 Å². The fourth-order valence-electron chi connectivity index (χ4n) is 9.33. The largest absolute Gasteiger partial charge is 0.459 e. The summed E-state index contributed by atoms with van der Waals surface area (Å²) in [5.41, 5.74) is 0. The smallest absolute Gasteiger partial charge is 0.309 e. The van der Waals surface area contributed by atoms with Crippen molar-refractivity contribution in [2.75, 3.05) is 20.3 Å². The fourth-order valence-corrected chi connectivity index (χ4v) is 9.33. The average Bonchev–Trinajstić information content (AvgIpc) is 3.48. The van der Waals surface area contributed by atoms with Crippen molar-refractivity contribution in [1.82, 2.24) is 0 Å². The van der Waals surface area contributed by atoms with Gasteiger partial charge in [-0.05, 0) is 78.9 Å². The zero-order valence-corrected chi connectivity index (χ0v) is 16.0. The Morgan fingerprint density at radius 2 is 1.85 bits per heavy atom. The molecule has 7 rings (SSSR count). The maximum absolute atomic E-state index is 13.3. The molecule has 0 N–H and O–H groups in total. The van der Waals surface area contributed by atoms with Crippen LogP contribution in [0.25, 0.3) is 0 Å². The molecule has 0 aromatic heterocycles. The summed E-state index contributed by atoms with van der Waals surface area (Å²) in [6, 6.07) is 0. The molecule has 6 fully saturated rings. The summed E-state index contributed by atoms with van der Waals surface area (Å²) in [7, 11) is 1.79. The zero-order chi connectivity index (χ0) is 17.9. The molecule has 27 heavy (non-hydrogen) atoms. The first-order valence-electron chi connectivity index (χ1n) is 11.2. The van der Waals surface area contributed by atoms with Gasteiger partial charge in [0.1, 0.15) is 6.10 Å². The van der Waals surface area contributed by atoms with Gasteiger partial charge in [-0.15, -0.1) is 0 Å². The van der Waals surface area contributed by atoms with Gasteiger partial charge in [-0.25, -0.2) is 0 Å². The molecule has 0 spiro atoms. The Morgan fingerprint density at radius 3 is 2.70 bits per heavy atom. The summed E-state index contributed by atoms with van der Waals surface area (Å²) >= 11 is 0. The molecular weight excluding hydrogens is 340 g/mol. The molecular formula is C23H30O4. The molecule has 13 unspecified atom stereocenters. The van der Waals surface area contributed by atoms with Crippen LogP contribution < -0.4 is 0 Å². The number of fused-ring (bicyclic) bond motifs is 10. The first kappa shape index (κ1) is 16.0. The van der Waals surface area contributed by atoms with Gasteiger partial charge in [-0.3, -0.25) is 4.79 Å². The normalized spacial score (nSPS) is 60.6. The van der Waals surface area contributed by atoms with E-state index in [4.69, 9.17) is 14.2 Å². The molecule has 0 radical (unpaired) electrons.